The molecule has 0 aliphatic heterocycles. The molecule has 4 nitrogen and oxygen atoms in total. The number of nitrogens with two attached hydrogens (primary N) is 1. The molecule has 0 saturated heterocycles. The van der Waals surface area contributed by atoms with Crippen molar-refractivity contribution >= 4 is 11.6 Å². The van der Waals surface area contributed by atoms with Gasteiger partial charge in [-0.25, -0.2) is 9.97 Å². The molecule has 0 spiro atoms. The lowest BCUT2D eigenvalue weighted by Crippen LogP contribution is -2.27. The molecule has 0 radical (unpaired) electrons. The first kappa shape index (κ1) is 14.1. The molecule has 1 saturated carbocycles. The van der Waals surface area contributed by atoms with Crippen LogP contribution in [-0.4, -0.2) is 16.0 Å². The minimum atomic E-state index is 0.549. The Morgan fingerprint density at radius 3 is 2.58 bits per heavy atom. The Kier molecular flexibility index (Phi) is 5.00. The largest absolute Gasteiger partial charge is 0.383 e. The fourth-order valence-electron chi connectivity index (χ4n) is 2.96. The number of nitrogens with one attached hydrogen (secondary N) is 1. The first-order valence-electron chi connectivity index (χ1n) is 7.60. The Hall–Kier alpha value is -1.32. The van der Waals surface area contributed by atoms with Crippen LogP contribution in [0.4, 0.5) is 11.6 Å². The molecule has 3 N–H and O–H groups in total. The summed E-state index contributed by atoms with van der Waals surface area (Å²) in [6.45, 7) is 4.45. The maximum Gasteiger partial charge on any atom is 0.134 e. The number of rotatable bonds is 5. The Bertz CT molecular complexity index is 397. The predicted octanol–water partition coefficient (Wildman–Crippen LogP) is 3.39. The first-order chi connectivity index (χ1) is 9.24. The second-order valence-electron chi connectivity index (χ2n) is 5.61. The van der Waals surface area contributed by atoms with Gasteiger partial charge in [0.15, 0.2) is 0 Å². The van der Waals surface area contributed by atoms with E-state index in [-0.39, 0.29) is 0 Å². The summed E-state index contributed by atoms with van der Waals surface area (Å²) >= 11 is 0. The van der Waals surface area contributed by atoms with Crippen LogP contribution in [0, 0.1) is 5.92 Å². The highest BCUT2D eigenvalue weighted by Gasteiger charge is 2.21. The van der Waals surface area contributed by atoms with Crippen molar-refractivity contribution in [3.8, 4) is 0 Å². The minimum Gasteiger partial charge on any atom is -0.383 e. The predicted molar refractivity (Wildman–Crippen MR) is 80.1 cm³/mol. The van der Waals surface area contributed by atoms with Gasteiger partial charge in [-0.1, -0.05) is 26.7 Å². The van der Waals surface area contributed by atoms with Gasteiger partial charge in [-0.05, 0) is 38.0 Å². The first-order valence-corrected chi connectivity index (χ1v) is 7.60. The number of nitrogen functional groups attached to an aromatic ring is 1. The SMILES string of the molecule is CCCc1c(N)ncnc1NC1CCC(CC)CC1. The molecule has 1 heterocycles. The highest BCUT2D eigenvalue weighted by atomic mass is 15.1. The third kappa shape index (κ3) is 3.58. The van der Waals surface area contributed by atoms with E-state index >= 15 is 0 Å². The van der Waals surface area contributed by atoms with Crippen molar-refractivity contribution in [2.45, 2.75) is 64.8 Å². The standard InChI is InChI=1S/C15H26N4/c1-3-5-13-14(16)17-10-18-15(13)19-12-8-6-11(4-2)7-9-12/h10-12H,3-9H2,1-2H3,(H3,16,17,18,19). The van der Waals surface area contributed by atoms with Crippen molar-refractivity contribution in [3.05, 3.63) is 11.9 Å². The topological polar surface area (TPSA) is 63.8 Å². The third-order valence-electron chi connectivity index (χ3n) is 4.24. The van der Waals surface area contributed by atoms with Crippen LogP contribution < -0.4 is 11.1 Å². The van der Waals surface area contributed by atoms with Crippen LogP contribution in [0.2, 0.25) is 0 Å². The summed E-state index contributed by atoms with van der Waals surface area (Å²) in [5, 5.41) is 3.59. The molecule has 1 aliphatic carbocycles. The van der Waals surface area contributed by atoms with Crippen molar-refractivity contribution in [2.24, 2.45) is 5.92 Å². The van der Waals surface area contributed by atoms with Gasteiger partial charge in [0.25, 0.3) is 0 Å². The lowest BCUT2D eigenvalue weighted by molar-refractivity contribution is 0.329. The summed E-state index contributed by atoms with van der Waals surface area (Å²) in [5.74, 6) is 2.50. The molecule has 2 rings (SSSR count). The van der Waals surface area contributed by atoms with Gasteiger partial charge in [-0.3, -0.25) is 0 Å². The molecule has 1 aliphatic rings. The van der Waals surface area contributed by atoms with E-state index in [1.54, 1.807) is 6.33 Å². The van der Waals surface area contributed by atoms with Gasteiger partial charge in [0.1, 0.15) is 18.0 Å². The maximum atomic E-state index is 5.97. The van der Waals surface area contributed by atoms with E-state index in [0.717, 1.165) is 30.1 Å². The van der Waals surface area contributed by atoms with Crippen LogP contribution in [0.15, 0.2) is 6.33 Å². The van der Waals surface area contributed by atoms with Crippen LogP contribution in [0.5, 0.6) is 0 Å². The van der Waals surface area contributed by atoms with E-state index in [1.807, 2.05) is 0 Å². The number of anilines is 2. The molecule has 0 unspecified atom stereocenters. The summed E-state index contributed by atoms with van der Waals surface area (Å²) in [6.07, 6.45) is 10.0. The fraction of sp³-hybridized carbons (Fsp3) is 0.733. The van der Waals surface area contributed by atoms with E-state index in [4.69, 9.17) is 5.73 Å². The van der Waals surface area contributed by atoms with Gasteiger partial charge >= 0.3 is 0 Å². The lowest BCUT2D eigenvalue weighted by atomic mass is 9.84. The second kappa shape index (κ2) is 6.73. The van der Waals surface area contributed by atoms with Gasteiger partial charge in [-0.15, -0.1) is 0 Å². The van der Waals surface area contributed by atoms with Gasteiger partial charge in [0.2, 0.25) is 0 Å². The summed E-state index contributed by atoms with van der Waals surface area (Å²) in [5.41, 5.74) is 7.05. The molecule has 1 fully saturated rings. The van der Waals surface area contributed by atoms with E-state index in [1.165, 1.54) is 32.1 Å². The van der Waals surface area contributed by atoms with E-state index < -0.39 is 0 Å². The summed E-state index contributed by atoms with van der Waals surface area (Å²) in [4.78, 5) is 8.49. The number of aromatic nitrogens is 2. The third-order valence-corrected chi connectivity index (χ3v) is 4.24. The molecule has 106 valence electrons. The quantitative estimate of drug-likeness (QED) is 0.853. The molecule has 19 heavy (non-hydrogen) atoms. The summed E-state index contributed by atoms with van der Waals surface area (Å²) < 4.78 is 0. The molecule has 0 bridgehead atoms. The smallest absolute Gasteiger partial charge is 0.134 e. The average molecular weight is 262 g/mol. The molecular formula is C15H26N4. The van der Waals surface area contributed by atoms with E-state index in [0.29, 0.717) is 11.9 Å². The van der Waals surface area contributed by atoms with Crippen molar-refractivity contribution in [3.63, 3.8) is 0 Å². The zero-order valence-corrected chi connectivity index (χ0v) is 12.2. The average Bonchev–Trinajstić information content (AvgIpc) is 2.43. The Morgan fingerprint density at radius 2 is 1.95 bits per heavy atom. The zero-order chi connectivity index (χ0) is 13.7. The van der Waals surface area contributed by atoms with Gasteiger partial charge in [0, 0.05) is 11.6 Å². The molecule has 0 amide bonds. The van der Waals surface area contributed by atoms with Crippen molar-refractivity contribution in [2.75, 3.05) is 11.1 Å². The molecule has 4 heteroatoms. The number of nitrogens with zero attached hydrogens (tertiary/aromatic N) is 2. The highest BCUT2D eigenvalue weighted by molar-refractivity contribution is 5.55. The maximum absolute atomic E-state index is 5.97. The molecule has 0 aromatic carbocycles. The van der Waals surface area contributed by atoms with Crippen molar-refractivity contribution < 1.29 is 0 Å². The fourth-order valence-corrected chi connectivity index (χ4v) is 2.96. The normalized spacial score (nSPS) is 23.3. The Labute approximate surface area is 116 Å². The lowest BCUT2D eigenvalue weighted by Gasteiger charge is -2.29. The van der Waals surface area contributed by atoms with Crippen LogP contribution >= 0.6 is 0 Å². The van der Waals surface area contributed by atoms with Crippen LogP contribution in [-0.2, 0) is 6.42 Å². The molecule has 1 aromatic rings. The van der Waals surface area contributed by atoms with E-state index in [2.05, 4.69) is 29.1 Å². The summed E-state index contributed by atoms with van der Waals surface area (Å²) in [7, 11) is 0. The minimum absolute atomic E-state index is 0.549. The number of hydrogen-bond donors (Lipinski definition) is 2. The van der Waals surface area contributed by atoms with Crippen LogP contribution in [0.1, 0.15) is 57.9 Å². The summed E-state index contributed by atoms with van der Waals surface area (Å²) in [6, 6.07) is 0.549. The molecule has 1 aromatic heterocycles. The Morgan fingerprint density at radius 1 is 1.21 bits per heavy atom. The molecule has 0 atom stereocenters. The van der Waals surface area contributed by atoms with Gasteiger partial charge in [-0.2, -0.15) is 0 Å². The molecular weight excluding hydrogens is 236 g/mol. The van der Waals surface area contributed by atoms with Crippen LogP contribution in [0.25, 0.3) is 0 Å². The van der Waals surface area contributed by atoms with Crippen molar-refractivity contribution in [1.29, 1.82) is 0 Å². The number of hydrogen-bond acceptors (Lipinski definition) is 4. The van der Waals surface area contributed by atoms with Gasteiger partial charge < -0.3 is 11.1 Å². The highest BCUT2D eigenvalue weighted by Crippen LogP contribution is 2.29. The van der Waals surface area contributed by atoms with Gasteiger partial charge in [0.05, 0.1) is 0 Å². The van der Waals surface area contributed by atoms with Crippen LogP contribution in [0.3, 0.4) is 0 Å². The van der Waals surface area contributed by atoms with Crippen molar-refractivity contribution in [1.82, 2.24) is 9.97 Å². The zero-order valence-electron chi connectivity index (χ0n) is 12.2. The second-order valence-corrected chi connectivity index (χ2v) is 5.61. The Balaban J connectivity index is 2.01. The van der Waals surface area contributed by atoms with E-state index in [9.17, 15) is 0 Å². The monoisotopic (exact) mass is 262 g/mol.